The van der Waals surface area contributed by atoms with Gasteiger partial charge in [0, 0.05) is 53.4 Å². The Kier molecular flexibility index (Phi) is 8.15. The lowest BCUT2D eigenvalue weighted by molar-refractivity contribution is 0.152. The molecule has 6 heteroatoms. The van der Waals surface area contributed by atoms with Gasteiger partial charge in [0.25, 0.3) is 0 Å². The molecule has 1 aliphatic heterocycles. The SMILES string of the molecule is CN=C(NCCCCN1CCN(C)CC1)N(C)Cc1ccc(F)cc1. The van der Waals surface area contributed by atoms with Crippen LogP contribution in [-0.4, -0.2) is 81.1 Å². The Morgan fingerprint density at radius 1 is 1.16 bits per heavy atom. The molecule has 1 fully saturated rings. The molecule has 0 aliphatic carbocycles. The van der Waals surface area contributed by atoms with Crippen LogP contribution >= 0.6 is 0 Å². The maximum atomic E-state index is 13.0. The normalized spacial score (nSPS) is 16.9. The number of aliphatic imine (C=N–C) groups is 1. The zero-order chi connectivity index (χ0) is 18.1. The fourth-order valence-electron chi connectivity index (χ4n) is 3.06. The molecule has 1 aromatic carbocycles. The molecule has 0 atom stereocenters. The number of nitrogens with one attached hydrogen (secondary N) is 1. The van der Waals surface area contributed by atoms with Gasteiger partial charge in [-0.05, 0) is 44.1 Å². The Hall–Kier alpha value is -1.66. The number of benzene rings is 1. The van der Waals surface area contributed by atoms with Crippen molar-refractivity contribution in [1.29, 1.82) is 0 Å². The number of unbranched alkanes of at least 4 members (excludes halogenated alkanes) is 1. The summed E-state index contributed by atoms with van der Waals surface area (Å²) in [5.74, 6) is 0.679. The van der Waals surface area contributed by atoms with E-state index in [0.717, 1.165) is 24.5 Å². The van der Waals surface area contributed by atoms with Crippen molar-refractivity contribution in [3.8, 4) is 0 Å². The predicted octanol–water partition coefficient (Wildman–Crippen LogP) is 1.86. The molecule has 1 N–H and O–H groups in total. The van der Waals surface area contributed by atoms with Crippen LogP contribution in [0, 0.1) is 5.82 Å². The third-order valence-corrected chi connectivity index (χ3v) is 4.69. The summed E-state index contributed by atoms with van der Waals surface area (Å²) >= 11 is 0. The molecule has 1 aromatic rings. The van der Waals surface area contributed by atoms with Gasteiger partial charge in [0.1, 0.15) is 5.82 Å². The van der Waals surface area contributed by atoms with Crippen molar-refractivity contribution in [1.82, 2.24) is 20.0 Å². The van der Waals surface area contributed by atoms with Gasteiger partial charge in [0.2, 0.25) is 0 Å². The minimum absolute atomic E-state index is 0.200. The Balaban J connectivity index is 1.63. The van der Waals surface area contributed by atoms with Crippen molar-refractivity contribution >= 4 is 5.96 Å². The monoisotopic (exact) mass is 349 g/mol. The predicted molar refractivity (Wildman–Crippen MR) is 102 cm³/mol. The maximum absolute atomic E-state index is 13.0. The number of hydrogen-bond donors (Lipinski definition) is 1. The minimum atomic E-state index is -0.200. The second-order valence-electron chi connectivity index (χ2n) is 6.81. The highest BCUT2D eigenvalue weighted by Gasteiger charge is 2.12. The molecule has 0 saturated carbocycles. The van der Waals surface area contributed by atoms with Crippen molar-refractivity contribution in [3.05, 3.63) is 35.6 Å². The van der Waals surface area contributed by atoms with E-state index in [2.05, 4.69) is 32.1 Å². The second-order valence-corrected chi connectivity index (χ2v) is 6.81. The van der Waals surface area contributed by atoms with Crippen molar-refractivity contribution in [2.75, 3.05) is 60.4 Å². The van der Waals surface area contributed by atoms with E-state index in [9.17, 15) is 4.39 Å². The van der Waals surface area contributed by atoms with E-state index in [4.69, 9.17) is 0 Å². The number of piperazine rings is 1. The van der Waals surface area contributed by atoms with E-state index in [0.29, 0.717) is 6.54 Å². The average Bonchev–Trinajstić information content (AvgIpc) is 2.61. The van der Waals surface area contributed by atoms with Crippen LogP contribution in [-0.2, 0) is 6.54 Å². The molecule has 1 aliphatic rings. The van der Waals surface area contributed by atoms with Gasteiger partial charge in [-0.2, -0.15) is 0 Å². The summed E-state index contributed by atoms with van der Waals surface area (Å²) in [5.41, 5.74) is 1.07. The largest absolute Gasteiger partial charge is 0.356 e. The van der Waals surface area contributed by atoms with Crippen LogP contribution in [0.2, 0.25) is 0 Å². The molecule has 5 nitrogen and oxygen atoms in total. The Bertz CT molecular complexity index is 523. The van der Waals surface area contributed by atoms with Crippen molar-refractivity contribution < 1.29 is 4.39 Å². The lowest BCUT2D eigenvalue weighted by atomic mass is 10.2. The first-order chi connectivity index (χ1) is 12.1. The van der Waals surface area contributed by atoms with Crippen LogP contribution in [0.15, 0.2) is 29.3 Å². The van der Waals surface area contributed by atoms with Gasteiger partial charge >= 0.3 is 0 Å². The Morgan fingerprint density at radius 2 is 1.84 bits per heavy atom. The smallest absolute Gasteiger partial charge is 0.193 e. The van der Waals surface area contributed by atoms with Gasteiger partial charge < -0.3 is 20.0 Å². The summed E-state index contributed by atoms with van der Waals surface area (Å²) in [6.45, 7) is 7.55. The number of guanidine groups is 1. The first-order valence-corrected chi connectivity index (χ1v) is 9.15. The quantitative estimate of drug-likeness (QED) is 0.463. The van der Waals surface area contributed by atoms with Gasteiger partial charge in [-0.25, -0.2) is 4.39 Å². The van der Waals surface area contributed by atoms with E-state index < -0.39 is 0 Å². The second kappa shape index (κ2) is 10.4. The molecule has 140 valence electrons. The highest BCUT2D eigenvalue weighted by Crippen LogP contribution is 2.06. The topological polar surface area (TPSA) is 34.1 Å². The van der Waals surface area contributed by atoms with Crippen LogP contribution < -0.4 is 5.32 Å². The minimum Gasteiger partial charge on any atom is -0.356 e. The molecule has 2 rings (SSSR count). The molecule has 0 unspecified atom stereocenters. The molecular weight excluding hydrogens is 317 g/mol. The molecule has 0 radical (unpaired) electrons. The standard InChI is InChI=1S/C19H32FN5/c1-21-19(24(3)16-17-6-8-18(20)9-7-17)22-10-4-5-11-25-14-12-23(2)13-15-25/h6-9H,4-5,10-16H2,1-3H3,(H,21,22). The zero-order valence-corrected chi connectivity index (χ0v) is 15.8. The molecule has 0 spiro atoms. The molecule has 1 saturated heterocycles. The van der Waals surface area contributed by atoms with Gasteiger partial charge in [-0.15, -0.1) is 0 Å². The third-order valence-electron chi connectivity index (χ3n) is 4.69. The number of hydrogen-bond acceptors (Lipinski definition) is 3. The van der Waals surface area contributed by atoms with E-state index in [1.807, 2.05) is 19.2 Å². The van der Waals surface area contributed by atoms with Crippen LogP contribution in [0.5, 0.6) is 0 Å². The summed E-state index contributed by atoms with van der Waals surface area (Å²) < 4.78 is 13.0. The van der Waals surface area contributed by atoms with Crippen molar-refractivity contribution in [3.63, 3.8) is 0 Å². The zero-order valence-electron chi connectivity index (χ0n) is 15.8. The van der Waals surface area contributed by atoms with E-state index in [-0.39, 0.29) is 5.82 Å². The van der Waals surface area contributed by atoms with E-state index in [1.54, 1.807) is 7.05 Å². The number of likely N-dealkylation sites (N-methyl/N-ethyl adjacent to an activating group) is 1. The molecule has 25 heavy (non-hydrogen) atoms. The summed E-state index contributed by atoms with van der Waals surface area (Å²) in [5, 5.41) is 3.42. The van der Waals surface area contributed by atoms with Crippen LogP contribution in [0.1, 0.15) is 18.4 Å². The van der Waals surface area contributed by atoms with Gasteiger partial charge in [0.15, 0.2) is 5.96 Å². The van der Waals surface area contributed by atoms with Crippen LogP contribution in [0.4, 0.5) is 4.39 Å². The Labute approximate surface area is 151 Å². The van der Waals surface area contributed by atoms with Gasteiger partial charge in [-0.1, -0.05) is 12.1 Å². The number of nitrogens with zero attached hydrogens (tertiary/aromatic N) is 4. The first-order valence-electron chi connectivity index (χ1n) is 9.15. The lowest BCUT2D eigenvalue weighted by Gasteiger charge is -2.32. The molecule has 0 amide bonds. The fraction of sp³-hybridized carbons (Fsp3) is 0.632. The Morgan fingerprint density at radius 3 is 2.48 bits per heavy atom. The maximum Gasteiger partial charge on any atom is 0.193 e. The van der Waals surface area contributed by atoms with Crippen molar-refractivity contribution in [2.45, 2.75) is 19.4 Å². The summed E-state index contributed by atoms with van der Waals surface area (Å²) in [6, 6.07) is 6.62. The van der Waals surface area contributed by atoms with Gasteiger partial charge in [-0.3, -0.25) is 4.99 Å². The van der Waals surface area contributed by atoms with Crippen molar-refractivity contribution in [2.24, 2.45) is 4.99 Å². The fourth-order valence-corrected chi connectivity index (χ4v) is 3.06. The third kappa shape index (κ3) is 7.00. The van der Waals surface area contributed by atoms with Gasteiger partial charge in [0.05, 0.1) is 0 Å². The summed E-state index contributed by atoms with van der Waals surface area (Å²) in [4.78, 5) is 11.3. The molecule has 1 heterocycles. The van der Waals surface area contributed by atoms with Crippen LogP contribution in [0.3, 0.4) is 0 Å². The van der Waals surface area contributed by atoms with E-state index >= 15 is 0 Å². The highest BCUT2D eigenvalue weighted by atomic mass is 19.1. The molecule has 0 bridgehead atoms. The highest BCUT2D eigenvalue weighted by molar-refractivity contribution is 5.79. The average molecular weight is 349 g/mol. The number of rotatable bonds is 7. The summed E-state index contributed by atoms with van der Waals surface area (Å²) in [6.07, 6.45) is 2.34. The first kappa shape index (κ1) is 19.7. The molecule has 0 aromatic heterocycles. The molecular formula is C19H32FN5. The summed E-state index contributed by atoms with van der Waals surface area (Å²) in [7, 11) is 5.99. The lowest BCUT2D eigenvalue weighted by Crippen LogP contribution is -2.44. The number of halogens is 1. The van der Waals surface area contributed by atoms with Crippen LogP contribution in [0.25, 0.3) is 0 Å². The van der Waals surface area contributed by atoms with E-state index in [1.165, 1.54) is 51.3 Å².